The molecule has 14 heteroatoms. The zero-order valence-corrected chi connectivity index (χ0v) is 23.8. The highest BCUT2D eigenvalue weighted by Crippen LogP contribution is 2.44. The maximum absolute atomic E-state index is 13.6. The number of hydrogen-bond donors (Lipinski definition) is 9. The predicted octanol–water partition coefficient (Wildman–Crippen LogP) is 0.0240. The first-order valence-corrected chi connectivity index (χ1v) is 14.0. The molecule has 3 saturated heterocycles. The van der Waals surface area contributed by atoms with Crippen LogP contribution in [0.4, 0.5) is 0 Å². The molecular weight excluding hydrogens is 564 g/mol. The topological polar surface area (TPSA) is 195 Å². The van der Waals surface area contributed by atoms with Crippen molar-refractivity contribution >= 4 is 35.3 Å². The molecule has 4 heterocycles. The van der Waals surface area contributed by atoms with Gasteiger partial charge in [-0.05, 0) is 42.2 Å². The Morgan fingerprint density at radius 1 is 1.12 bits per heavy atom. The highest BCUT2D eigenvalue weighted by molar-refractivity contribution is 6.30. The summed E-state index contributed by atoms with van der Waals surface area (Å²) >= 11 is 5.92. The largest absolute Gasteiger partial charge is 0.492 e. The molecule has 2 aromatic carbocycles. The fourth-order valence-corrected chi connectivity index (χ4v) is 6.57. The van der Waals surface area contributed by atoms with Crippen molar-refractivity contribution in [2.75, 3.05) is 19.7 Å². The molecule has 4 aliphatic rings. The van der Waals surface area contributed by atoms with Crippen molar-refractivity contribution in [2.24, 2.45) is 0 Å². The summed E-state index contributed by atoms with van der Waals surface area (Å²) < 4.78 is 5.89. The molecule has 6 rings (SSSR count). The van der Waals surface area contributed by atoms with Gasteiger partial charge in [0.1, 0.15) is 11.8 Å². The Kier molecular flexibility index (Phi) is 6.52. The quantitative estimate of drug-likeness (QED) is 0.214. The van der Waals surface area contributed by atoms with E-state index in [0.29, 0.717) is 22.9 Å². The fourth-order valence-electron chi connectivity index (χ4n) is 6.44. The Bertz CT molecular complexity index is 1480. The van der Waals surface area contributed by atoms with Crippen molar-refractivity contribution in [1.82, 2.24) is 31.5 Å². The number of benzene rings is 2. The molecule has 2 amide bonds. The van der Waals surface area contributed by atoms with Gasteiger partial charge in [-0.1, -0.05) is 37.6 Å². The van der Waals surface area contributed by atoms with Crippen LogP contribution in [0, 0.1) is 10.8 Å². The van der Waals surface area contributed by atoms with Gasteiger partial charge in [0.05, 0.1) is 24.3 Å². The molecular formula is C28H33ClN8O5. The van der Waals surface area contributed by atoms with Gasteiger partial charge in [-0.3, -0.25) is 20.4 Å². The number of aliphatic hydroxyl groups is 2. The van der Waals surface area contributed by atoms with Gasteiger partial charge in [0.2, 0.25) is 5.79 Å². The lowest BCUT2D eigenvalue weighted by atomic mass is 9.79. The maximum atomic E-state index is 13.6. The van der Waals surface area contributed by atoms with Crippen LogP contribution in [0.15, 0.2) is 42.5 Å². The van der Waals surface area contributed by atoms with E-state index in [-0.39, 0.29) is 41.9 Å². The smallest absolute Gasteiger partial charge is 0.255 e. The van der Waals surface area contributed by atoms with E-state index in [4.69, 9.17) is 27.2 Å². The third-order valence-electron chi connectivity index (χ3n) is 8.75. The predicted molar refractivity (Wildman–Crippen MR) is 154 cm³/mol. The van der Waals surface area contributed by atoms with Crippen molar-refractivity contribution in [2.45, 2.75) is 55.3 Å². The molecule has 1 spiro atoms. The summed E-state index contributed by atoms with van der Waals surface area (Å²) in [5, 5.41) is 55.2. The number of carbonyl (C=O) groups is 2. The minimum atomic E-state index is -2.65. The standard InChI is InChI=1S/C28H33ClN8O5/c1-26(2)10-11-42-20-16(4-3-5-17(20)26)23(39)34-19-13-37-25(31)33-18(12-32-22(38)14-6-8-15(29)9-7-14)21-27(37,28(19,40)41)36-24(30)35-21/h3-9,18-19,21,40-41H,10-13H2,1-2H3,(H2,31,33)(H,32,38)(H,34,39)(H3,30,35,36)/t18-,19-,21-,27-/m0/s1. The minimum absolute atomic E-state index is 0.0115. The van der Waals surface area contributed by atoms with Crippen molar-refractivity contribution < 1.29 is 24.5 Å². The highest BCUT2D eigenvalue weighted by Gasteiger charge is 2.74. The van der Waals surface area contributed by atoms with Gasteiger partial charge in [0.15, 0.2) is 17.6 Å². The van der Waals surface area contributed by atoms with E-state index in [1.165, 1.54) is 4.90 Å². The van der Waals surface area contributed by atoms with Gasteiger partial charge in [-0.2, -0.15) is 0 Å². The van der Waals surface area contributed by atoms with Crippen LogP contribution in [-0.4, -0.2) is 88.1 Å². The van der Waals surface area contributed by atoms with Crippen molar-refractivity contribution in [3.8, 4) is 5.75 Å². The third-order valence-corrected chi connectivity index (χ3v) is 9.01. The fraction of sp³-hybridized carbons (Fsp3) is 0.429. The van der Waals surface area contributed by atoms with Gasteiger partial charge in [0, 0.05) is 29.2 Å². The van der Waals surface area contributed by atoms with Crippen LogP contribution in [0.1, 0.15) is 46.5 Å². The van der Waals surface area contributed by atoms with Crippen LogP contribution in [0.5, 0.6) is 5.75 Å². The Balaban J connectivity index is 1.25. The van der Waals surface area contributed by atoms with E-state index < -0.39 is 35.5 Å². The van der Waals surface area contributed by atoms with E-state index >= 15 is 0 Å². The molecule has 0 unspecified atom stereocenters. The van der Waals surface area contributed by atoms with Crippen LogP contribution in [0.3, 0.4) is 0 Å². The number of halogens is 1. The Morgan fingerprint density at radius 2 is 1.86 bits per heavy atom. The lowest BCUT2D eigenvalue weighted by Crippen LogP contribution is -2.81. The van der Waals surface area contributed by atoms with Crippen molar-refractivity contribution in [3.63, 3.8) is 0 Å². The Labute approximate surface area is 247 Å². The summed E-state index contributed by atoms with van der Waals surface area (Å²) in [4.78, 5) is 27.7. The lowest BCUT2D eigenvalue weighted by Gasteiger charge is -2.51. The number of ether oxygens (including phenoxy) is 1. The number of amides is 2. The minimum Gasteiger partial charge on any atom is -0.492 e. The second-order valence-corrected chi connectivity index (χ2v) is 12.2. The molecule has 4 aliphatic heterocycles. The SMILES string of the molecule is CC1(C)CCOc2c(C(=O)N[C@H]3CN4C(=N)N[C@@H](CNC(=O)c5ccc(Cl)cc5)[C@@H]5NC(=N)N[C@@]54C3(O)O)cccc21. The summed E-state index contributed by atoms with van der Waals surface area (Å²) in [6.07, 6.45) is 0.796. The molecule has 42 heavy (non-hydrogen) atoms. The number of hydrogen-bond acceptors (Lipinski definition) is 7. The zero-order chi connectivity index (χ0) is 30.0. The first-order chi connectivity index (χ1) is 19.8. The van der Waals surface area contributed by atoms with Crippen LogP contribution in [0.25, 0.3) is 0 Å². The Morgan fingerprint density at radius 3 is 2.60 bits per heavy atom. The summed E-state index contributed by atoms with van der Waals surface area (Å²) in [7, 11) is 0. The number of guanidine groups is 2. The first kappa shape index (κ1) is 28.1. The van der Waals surface area contributed by atoms with Crippen LogP contribution >= 0.6 is 11.6 Å². The average molecular weight is 597 g/mol. The lowest BCUT2D eigenvalue weighted by molar-refractivity contribution is -0.232. The molecule has 2 aromatic rings. The third kappa shape index (κ3) is 4.22. The number of para-hydroxylation sites is 1. The molecule has 0 saturated carbocycles. The highest BCUT2D eigenvalue weighted by atomic mass is 35.5. The summed E-state index contributed by atoms with van der Waals surface area (Å²) in [6, 6.07) is 8.79. The second-order valence-electron chi connectivity index (χ2n) is 11.7. The van der Waals surface area contributed by atoms with E-state index in [0.717, 1.165) is 12.0 Å². The second kappa shape index (κ2) is 9.75. The van der Waals surface area contributed by atoms with Gasteiger partial charge in [0.25, 0.3) is 11.8 Å². The average Bonchev–Trinajstić information content (AvgIpc) is 3.41. The summed E-state index contributed by atoms with van der Waals surface area (Å²) in [6.45, 7) is 4.46. The molecule has 0 aliphatic carbocycles. The van der Waals surface area contributed by atoms with Crippen LogP contribution in [-0.2, 0) is 5.41 Å². The van der Waals surface area contributed by atoms with Crippen LogP contribution in [0.2, 0.25) is 5.02 Å². The molecule has 9 N–H and O–H groups in total. The van der Waals surface area contributed by atoms with Crippen molar-refractivity contribution in [1.29, 1.82) is 10.8 Å². The number of nitrogens with one attached hydrogen (secondary N) is 7. The monoisotopic (exact) mass is 596 g/mol. The van der Waals surface area contributed by atoms with Crippen molar-refractivity contribution in [3.05, 3.63) is 64.2 Å². The molecule has 0 aromatic heterocycles. The first-order valence-electron chi connectivity index (χ1n) is 13.7. The van der Waals surface area contributed by atoms with Gasteiger partial charge >= 0.3 is 0 Å². The van der Waals surface area contributed by atoms with E-state index in [9.17, 15) is 19.8 Å². The Hall–Kier alpha value is -4.07. The summed E-state index contributed by atoms with van der Waals surface area (Å²) in [5.74, 6) is -3.47. The number of fused-ring (bicyclic) bond motifs is 1. The molecule has 0 bridgehead atoms. The van der Waals surface area contributed by atoms with E-state index in [1.54, 1.807) is 36.4 Å². The van der Waals surface area contributed by atoms with Gasteiger partial charge in [-0.25, -0.2) is 0 Å². The molecule has 13 nitrogen and oxygen atoms in total. The van der Waals surface area contributed by atoms with Crippen LogP contribution < -0.4 is 31.3 Å². The summed E-state index contributed by atoms with van der Waals surface area (Å²) in [5.41, 5.74) is -0.441. The van der Waals surface area contributed by atoms with Gasteiger partial charge in [-0.15, -0.1) is 0 Å². The van der Waals surface area contributed by atoms with Gasteiger partial charge < -0.3 is 46.4 Å². The van der Waals surface area contributed by atoms with E-state index in [2.05, 4.69) is 40.4 Å². The normalized spacial score (nSPS) is 28.2. The molecule has 0 radical (unpaired) electrons. The molecule has 4 atom stereocenters. The zero-order valence-electron chi connectivity index (χ0n) is 23.0. The number of nitrogens with zero attached hydrogens (tertiary/aromatic N) is 1. The molecule has 222 valence electrons. The number of carbonyl (C=O) groups excluding carboxylic acids is 2. The van der Waals surface area contributed by atoms with E-state index in [1.807, 2.05) is 6.07 Å². The maximum Gasteiger partial charge on any atom is 0.255 e. The molecule has 3 fully saturated rings. The number of rotatable bonds is 5.